The Labute approximate surface area is 94.5 Å². The van der Waals surface area contributed by atoms with Gasteiger partial charge in [0.25, 0.3) is 0 Å². The molecule has 0 bridgehead atoms. The highest BCUT2D eigenvalue weighted by molar-refractivity contribution is 5.35. The third-order valence-corrected chi connectivity index (χ3v) is 2.37. The van der Waals surface area contributed by atoms with E-state index in [4.69, 9.17) is 4.74 Å². The zero-order chi connectivity index (χ0) is 11.4. The fraction of sp³-hybridized carbons (Fsp3) is 0.143. The molecular weight excluding hydrogens is 203 g/mol. The summed E-state index contributed by atoms with van der Waals surface area (Å²) in [6.07, 6.45) is 0.866. The Bertz CT molecular complexity index is 465. The van der Waals surface area contributed by atoms with Crippen LogP contribution < -0.4 is 4.74 Å². The predicted molar refractivity (Wildman–Crippen MR) is 62.3 cm³/mol. The fourth-order valence-corrected chi connectivity index (χ4v) is 1.46. The molecule has 2 heteroatoms. The normalized spacial score (nSPS) is 10.1. The van der Waals surface area contributed by atoms with Gasteiger partial charge in [-0.25, -0.2) is 4.39 Å². The van der Waals surface area contributed by atoms with Crippen molar-refractivity contribution in [1.82, 2.24) is 0 Å². The van der Waals surface area contributed by atoms with E-state index in [1.807, 2.05) is 25.1 Å². The summed E-state index contributed by atoms with van der Waals surface area (Å²) in [6, 6.07) is 14.2. The highest BCUT2D eigenvalue weighted by Crippen LogP contribution is 2.25. The van der Waals surface area contributed by atoms with Gasteiger partial charge in [-0.2, -0.15) is 0 Å². The number of halogens is 1. The molecule has 2 aromatic carbocycles. The Morgan fingerprint density at radius 1 is 1.06 bits per heavy atom. The highest BCUT2D eigenvalue weighted by atomic mass is 19.1. The first-order chi connectivity index (χ1) is 7.79. The van der Waals surface area contributed by atoms with Crippen LogP contribution in [0.25, 0.3) is 0 Å². The third kappa shape index (κ3) is 2.40. The first kappa shape index (κ1) is 10.7. The van der Waals surface area contributed by atoms with Gasteiger partial charge in [-0.05, 0) is 36.2 Å². The van der Waals surface area contributed by atoms with Gasteiger partial charge in [-0.15, -0.1) is 0 Å². The molecule has 2 rings (SSSR count). The van der Waals surface area contributed by atoms with E-state index in [2.05, 4.69) is 0 Å². The number of hydrogen-bond donors (Lipinski definition) is 0. The van der Waals surface area contributed by atoms with Crippen molar-refractivity contribution in [3.05, 3.63) is 59.9 Å². The van der Waals surface area contributed by atoms with Crippen molar-refractivity contribution < 1.29 is 9.13 Å². The highest BCUT2D eigenvalue weighted by Gasteiger charge is 2.05. The van der Waals surface area contributed by atoms with Crippen LogP contribution in [0.1, 0.15) is 12.5 Å². The van der Waals surface area contributed by atoms with E-state index in [1.54, 1.807) is 24.3 Å². The maximum absolute atomic E-state index is 13.5. The molecule has 0 atom stereocenters. The minimum absolute atomic E-state index is 0.283. The van der Waals surface area contributed by atoms with E-state index in [0.29, 0.717) is 5.75 Å². The average molecular weight is 216 g/mol. The van der Waals surface area contributed by atoms with Crippen LogP contribution >= 0.6 is 0 Å². The van der Waals surface area contributed by atoms with E-state index < -0.39 is 0 Å². The second-order valence-corrected chi connectivity index (χ2v) is 3.53. The largest absolute Gasteiger partial charge is 0.454 e. The van der Waals surface area contributed by atoms with Crippen molar-refractivity contribution in [1.29, 1.82) is 0 Å². The summed E-state index contributed by atoms with van der Waals surface area (Å²) in [5.74, 6) is 0.598. The quantitative estimate of drug-likeness (QED) is 0.747. The number of rotatable bonds is 3. The van der Waals surface area contributed by atoms with Gasteiger partial charge in [0.15, 0.2) is 11.6 Å². The van der Waals surface area contributed by atoms with Crippen LogP contribution in [0.5, 0.6) is 11.5 Å². The topological polar surface area (TPSA) is 9.23 Å². The lowest BCUT2D eigenvalue weighted by atomic mass is 10.1. The summed E-state index contributed by atoms with van der Waals surface area (Å²) in [7, 11) is 0. The van der Waals surface area contributed by atoms with E-state index in [0.717, 1.165) is 12.0 Å². The van der Waals surface area contributed by atoms with Gasteiger partial charge >= 0.3 is 0 Å². The summed E-state index contributed by atoms with van der Waals surface area (Å²) in [5.41, 5.74) is 1.06. The van der Waals surface area contributed by atoms with E-state index in [9.17, 15) is 4.39 Å². The Morgan fingerprint density at radius 3 is 2.50 bits per heavy atom. The standard InChI is InChI=1S/C14H13FO/c1-2-11-8-9-13(15)14(10-11)16-12-6-4-3-5-7-12/h3-10H,2H2,1H3. The summed E-state index contributed by atoms with van der Waals surface area (Å²) >= 11 is 0. The Balaban J connectivity index is 2.27. The van der Waals surface area contributed by atoms with Crippen molar-refractivity contribution in [2.45, 2.75) is 13.3 Å². The molecule has 0 aromatic heterocycles. The minimum atomic E-state index is -0.332. The van der Waals surface area contributed by atoms with Crippen LogP contribution in [0.15, 0.2) is 48.5 Å². The van der Waals surface area contributed by atoms with Crippen LogP contribution in [-0.2, 0) is 6.42 Å². The number of hydrogen-bond acceptors (Lipinski definition) is 1. The van der Waals surface area contributed by atoms with Crippen molar-refractivity contribution in [2.24, 2.45) is 0 Å². The predicted octanol–water partition coefficient (Wildman–Crippen LogP) is 4.18. The molecule has 16 heavy (non-hydrogen) atoms. The number of para-hydroxylation sites is 1. The molecule has 0 aliphatic carbocycles. The van der Waals surface area contributed by atoms with Gasteiger partial charge in [-0.1, -0.05) is 31.2 Å². The molecule has 1 nitrogen and oxygen atoms in total. The second kappa shape index (κ2) is 4.79. The molecule has 82 valence electrons. The minimum Gasteiger partial charge on any atom is -0.454 e. The zero-order valence-corrected chi connectivity index (χ0v) is 9.11. The molecule has 0 radical (unpaired) electrons. The molecule has 0 saturated carbocycles. The van der Waals surface area contributed by atoms with Gasteiger partial charge in [0.2, 0.25) is 0 Å². The van der Waals surface area contributed by atoms with E-state index >= 15 is 0 Å². The molecule has 0 N–H and O–H groups in total. The van der Waals surface area contributed by atoms with Gasteiger partial charge in [0, 0.05) is 0 Å². The third-order valence-electron chi connectivity index (χ3n) is 2.37. The maximum atomic E-state index is 13.5. The van der Waals surface area contributed by atoms with E-state index in [1.165, 1.54) is 6.07 Å². The molecule has 0 spiro atoms. The number of aryl methyl sites for hydroxylation is 1. The SMILES string of the molecule is CCc1ccc(F)c(Oc2ccccc2)c1. The van der Waals surface area contributed by atoms with Crippen molar-refractivity contribution >= 4 is 0 Å². The number of benzene rings is 2. The van der Waals surface area contributed by atoms with Crippen molar-refractivity contribution in [3.8, 4) is 11.5 Å². The maximum Gasteiger partial charge on any atom is 0.165 e. The summed E-state index contributed by atoms with van der Waals surface area (Å²) < 4.78 is 18.9. The van der Waals surface area contributed by atoms with Gasteiger partial charge in [0.1, 0.15) is 5.75 Å². The van der Waals surface area contributed by atoms with Gasteiger partial charge in [0.05, 0.1) is 0 Å². The molecule has 0 aliphatic rings. The summed E-state index contributed by atoms with van der Waals surface area (Å²) in [5, 5.41) is 0. The van der Waals surface area contributed by atoms with Crippen LogP contribution in [0.4, 0.5) is 4.39 Å². The molecule has 0 fully saturated rings. The lowest BCUT2D eigenvalue weighted by molar-refractivity contribution is 0.441. The Kier molecular flexibility index (Phi) is 3.20. The Hall–Kier alpha value is -1.83. The molecule has 0 aliphatic heterocycles. The van der Waals surface area contributed by atoms with Crippen molar-refractivity contribution in [3.63, 3.8) is 0 Å². The zero-order valence-electron chi connectivity index (χ0n) is 9.11. The van der Waals surface area contributed by atoms with Crippen LogP contribution in [-0.4, -0.2) is 0 Å². The monoisotopic (exact) mass is 216 g/mol. The van der Waals surface area contributed by atoms with Crippen molar-refractivity contribution in [2.75, 3.05) is 0 Å². The Morgan fingerprint density at radius 2 is 1.81 bits per heavy atom. The smallest absolute Gasteiger partial charge is 0.165 e. The molecule has 2 aromatic rings. The van der Waals surface area contributed by atoms with Crippen LogP contribution in [0.2, 0.25) is 0 Å². The van der Waals surface area contributed by atoms with Gasteiger partial charge < -0.3 is 4.74 Å². The second-order valence-electron chi connectivity index (χ2n) is 3.53. The molecular formula is C14H13FO. The first-order valence-electron chi connectivity index (χ1n) is 5.31. The lowest BCUT2D eigenvalue weighted by Gasteiger charge is -2.07. The van der Waals surface area contributed by atoms with E-state index in [-0.39, 0.29) is 11.6 Å². The summed E-state index contributed by atoms with van der Waals surface area (Å²) in [4.78, 5) is 0. The molecule has 0 saturated heterocycles. The molecule has 0 unspecified atom stereocenters. The average Bonchev–Trinajstić information content (AvgIpc) is 2.33. The first-order valence-corrected chi connectivity index (χ1v) is 5.31. The fourth-order valence-electron chi connectivity index (χ4n) is 1.46. The number of ether oxygens (including phenoxy) is 1. The van der Waals surface area contributed by atoms with Gasteiger partial charge in [-0.3, -0.25) is 0 Å². The lowest BCUT2D eigenvalue weighted by Crippen LogP contribution is -1.90. The molecule has 0 heterocycles. The van der Waals surface area contributed by atoms with Crippen LogP contribution in [0, 0.1) is 5.82 Å². The molecule has 0 amide bonds. The van der Waals surface area contributed by atoms with Crippen LogP contribution in [0.3, 0.4) is 0 Å². The summed E-state index contributed by atoms with van der Waals surface area (Å²) in [6.45, 7) is 2.03.